The molecule has 0 spiro atoms. The molecule has 2 heterocycles. The van der Waals surface area contributed by atoms with E-state index in [1.165, 1.54) is 4.68 Å². The Morgan fingerprint density at radius 3 is 2.86 bits per heavy atom. The van der Waals surface area contributed by atoms with Crippen LogP contribution in [-0.4, -0.2) is 25.7 Å². The first-order valence-corrected chi connectivity index (χ1v) is 6.51. The lowest BCUT2D eigenvalue weighted by Gasteiger charge is -2.15. The lowest BCUT2D eigenvalue weighted by atomic mass is 10.1. The van der Waals surface area contributed by atoms with Crippen LogP contribution in [0.1, 0.15) is 30.0 Å². The second-order valence-corrected chi connectivity index (χ2v) is 4.91. The summed E-state index contributed by atoms with van der Waals surface area (Å²) in [4.78, 5) is 29.8. The first-order chi connectivity index (χ1) is 9.86. The maximum Gasteiger partial charge on any atom is 0.256 e. The van der Waals surface area contributed by atoms with Crippen molar-refractivity contribution in [2.24, 2.45) is 5.73 Å². The first-order valence-electron chi connectivity index (χ1n) is 6.51. The summed E-state index contributed by atoms with van der Waals surface area (Å²) in [7, 11) is 0. The summed E-state index contributed by atoms with van der Waals surface area (Å²) < 4.78 is 1.43. The molecule has 2 aromatic heterocycles. The minimum atomic E-state index is -0.465. The zero-order valence-electron chi connectivity index (χ0n) is 12.2. The van der Waals surface area contributed by atoms with Crippen LogP contribution in [0, 0.1) is 13.8 Å². The molecule has 0 aliphatic carbocycles. The standard InChI is InChI=1S/C13H18N6O2/c1-7-12(13(21)18-9(3)16-7)8(2)17-10-4-15-19(5-10)6-11(14)20/h4-5,8,17H,6H2,1-3H3,(H2,14,20)(H,16,18,21). The van der Waals surface area contributed by atoms with Gasteiger partial charge < -0.3 is 16.0 Å². The Morgan fingerprint density at radius 2 is 2.24 bits per heavy atom. The van der Waals surface area contributed by atoms with Crippen LogP contribution >= 0.6 is 0 Å². The molecule has 8 nitrogen and oxygen atoms in total. The van der Waals surface area contributed by atoms with Crippen LogP contribution in [0.2, 0.25) is 0 Å². The van der Waals surface area contributed by atoms with Crippen LogP contribution < -0.4 is 16.6 Å². The second-order valence-electron chi connectivity index (χ2n) is 4.91. The van der Waals surface area contributed by atoms with Crippen molar-refractivity contribution in [1.29, 1.82) is 0 Å². The van der Waals surface area contributed by atoms with E-state index in [-0.39, 0.29) is 18.1 Å². The molecule has 4 N–H and O–H groups in total. The number of nitrogens with one attached hydrogen (secondary N) is 2. The van der Waals surface area contributed by atoms with Gasteiger partial charge >= 0.3 is 0 Å². The smallest absolute Gasteiger partial charge is 0.256 e. The van der Waals surface area contributed by atoms with Crippen molar-refractivity contribution in [3.63, 3.8) is 0 Å². The third-order valence-electron chi connectivity index (χ3n) is 3.03. The molecule has 0 saturated heterocycles. The van der Waals surface area contributed by atoms with Gasteiger partial charge in [-0.2, -0.15) is 5.10 Å². The average molecular weight is 290 g/mol. The summed E-state index contributed by atoms with van der Waals surface area (Å²) in [6.45, 7) is 5.41. The lowest BCUT2D eigenvalue weighted by Crippen LogP contribution is -2.23. The Hall–Kier alpha value is -2.64. The number of aromatic amines is 1. The van der Waals surface area contributed by atoms with Gasteiger partial charge in [-0.05, 0) is 20.8 Å². The zero-order chi connectivity index (χ0) is 15.6. The summed E-state index contributed by atoms with van der Waals surface area (Å²) in [6, 6.07) is -0.243. The molecule has 0 fully saturated rings. The van der Waals surface area contributed by atoms with E-state index >= 15 is 0 Å². The highest BCUT2D eigenvalue weighted by Gasteiger charge is 2.15. The van der Waals surface area contributed by atoms with Gasteiger partial charge in [-0.25, -0.2) is 4.98 Å². The summed E-state index contributed by atoms with van der Waals surface area (Å²) in [5.74, 6) is 0.121. The number of aryl methyl sites for hydroxylation is 2. The SMILES string of the molecule is Cc1nc(C)c(C(C)Nc2cnn(CC(N)=O)c2)c(=O)[nH]1. The number of carbonyl (C=O) groups is 1. The van der Waals surface area contributed by atoms with Gasteiger partial charge in [0.05, 0.1) is 29.2 Å². The third-order valence-corrected chi connectivity index (χ3v) is 3.03. The van der Waals surface area contributed by atoms with E-state index in [0.29, 0.717) is 22.8 Å². The molecule has 0 aliphatic heterocycles. The van der Waals surface area contributed by atoms with Gasteiger partial charge in [-0.1, -0.05) is 0 Å². The molecular weight excluding hydrogens is 272 g/mol. The van der Waals surface area contributed by atoms with Gasteiger partial charge in [0.1, 0.15) is 12.4 Å². The minimum Gasteiger partial charge on any atom is -0.376 e. The molecule has 1 atom stereocenters. The van der Waals surface area contributed by atoms with Crippen molar-refractivity contribution >= 4 is 11.6 Å². The zero-order valence-corrected chi connectivity index (χ0v) is 12.2. The van der Waals surface area contributed by atoms with Crippen LogP contribution in [0.25, 0.3) is 0 Å². The number of H-pyrrole nitrogens is 1. The van der Waals surface area contributed by atoms with E-state index in [1.807, 2.05) is 6.92 Å². The number of primary amides is 1. The maximum atomic E-state index is 12.0. The number of nitrogens with zero attached hydrogens (tertiary/aromatic N) is 3. The van der Waals surface area contributed by atoms with E-state index in [0.717, 1.165) is 0 Å². The molecule has 2 aromatic rings. The number of carbonyl (C=O) groups excluding carboxylic acids is 1. The number of anilines is 1. The number of nitrogens with two attached hydrogens (primary N) is 1. The Kier molecular flexibility index (Phi) is 4.06. The van der Waals surface area contributed by atoms with E-state index < -0.39 is 5.91 Å². The van der Waals surface area contributed by atoms with Crippen molar-refractivity contribution in [3.8, 4) is 0 Å². The van der Waals surface area contributed by atoms with Crippen LogP contribution in [0.15, 0.2) is 17.2 Å². The van der Waals surface area contributed by atoms with Crippen molar-refractivity contribution in [1.82, 2.24) is 19.7 Å². The topological polar surface area (TPSA) is 119 Å². The fraction of sp³-hybridized carbons (Fsp3) is 0.385. The number of hydrogen-bond acceptors (Lipinski definition) is 5. The van der Waals surface area contributed by atoms with Crippen molar-refractivity contribution in [2.45, 2.75) is 33.4 Å². The normalized spacial score (nSPS) is 12.1. The van der Waals surface area contributed by atoms with E-state index in [4.69, 9.17) is 5.73 Å². The number of hydrogen-bond donors (Lipinski definition) is 3. The summed E-state index contributed by atoms with van der Waals surface area (Å²) in [6.07, 6.45) is 3.23. The van der Waals surface area contributed by atoms with Gasteiger partial charge in [0.15, 0.2) is 0 Å². The fourth-order valence-corrected chi connectivity index (χ4v) is 2.25. The van der Waals surface area contributed by atoms with Gasteiger partial charge in [0, 0.05) is 6.20 Å². The van der Waals surface area contributed by atoms with Gasteiger partial charge in [0.2, 0.25) is 5.91 Å². The number of aromatic nitrogens is 4. The van der Waals surface area contributed by atoms with Crippen LogP contribution in [0.4, 0.5) is 5.69 Å². The summed E-state index contributed by atoms with van der Waals surface area (Å²) in [5, 5.41) is 7.17. The Balaban J connectivity index is 2.18. The Bertz CT molecular complexity index is 718. The predicted molar refractivity (Wildman–Crippen MR) is 77.8 cm³/mol. The van der Waals surface area contributed by atoms with E-state index in [2.05, 4.69) is 20.4 Å². The molecule has 8 heteroatoms. The van der Waals surface area contributed by atoms with Crippen molar-refractivity contribution < 1.29 is 4.79 Å². The number of amides is 1. The Morgan fingerprint density at radius 1 is 1.52 bits per heavy atom. The maximum absolute atomic E-state index is 12.0. The molecule has 0 bridgehead atoms. The molecule has 0 aliphatic rings. The van der Waals surface area contributed by atoms with Crippen LogP contribution in [-0.2, 0) is 11.3 Å². The highest BCUT2D eigenvalue weighted by atomic mass is 16.1. The highest BCUT2D eigenvalue weighted by molar-refractivity contribution is 5.73. The van der Waals surface area contributed by atoms with Gasteiger partial charge in [0.25, 0.3) is 5.56 Å². The largest absolute Gasteiger partial charge is 0.376 e. The number of rotatable bonds is 5. The predicted octanol–water partition coefficient (Wildman–Crippen LogP) is 0.242. The molecule has 1 unspecified atom stereocenters. The average Bonchev–Trinajstić information content (AvgIpc) is 2.73. The lowest BCUT2D eigenvalue weighted by molar-refractivity contribution is -0.118. The highest BCUT2D eigenvalue weighted by Crippen LogP contribution is 2.17. The second kappa shape index (κ2) is 5.78. The third kappa shape index (κ3) is 3.47. The van der Waals surface area contributed by atoms with E-state index in [9.17, 15) is 9.59 Å². The molecule has 2 rings (SSSR count). The summed E-state index contributed by atoms with van der Waals surface area (Å²) in [5.41, 5.74) is 6.89. The monoisotopic (exact) mass is 290 g/mol. The molecule has 1 amide bonds. The Labute approximate surface area is 121 Å². The van der Waals surface area contributed by atoms with E-state index in [1.54, 1.807) is 26.2 Å². The van der Waals surface area contributed by atoms with Gasteiger partial charge in [-0.15, -0.1) is 0 Å². The van der Waals surface area contributed by atoms with Crippen LogP contribution in [0.3, 0.4) is 0 Å². The van der Waals surface area contributed by atoms with Gasteiger partial charge in [-0.3, -0.25) is 14.3 Å². The fourth-order valence-electron chi connectivity index (χ4n) is 2.25. The molecule has 0 aromatic carbocycles. The minimum absolute atomic E-state index is 0.0156. The molecular formula is C13H18N6O2. The first kappa shape index (κ1) is 14.8. The molecule has 112 valence electrons. The quantitative estimate of drug-likeness (QED) is 0.729. The van der Waals surface area contributed by atoms with Crippen molar-refractivity contribution in [3.05, 3.63) is 39.8 Å². The molecule has 0 saturated carbocycles. The van der Waals surface area contributed by atoms with Crippen LogP contribution in [0.5, 0.6) is 0 Å². The summed E-state index contributed by atoms with van der Waals surface area (Å²) >= 11 is 0. The molecule has 21 heavy (non-hydrogen) atoms. The van der Waals surface area contributed by atoms with Crippen molar-refractivity contribution in [2.75, 3.05) is 5.32 Å². The molecule has 0 radical (unpaired) electrons.